The van der Waals surface area contributed by atoms with Crippen molar-refractivity contribution < 1.29 is 4.92 Å². The molecule has 1 aliphatic heterocycles. The second-order valence-electron chi connectivity index (χ2n) is 4.40. The normalized spacial score (nSPS) is 20.5. The molecular formula is C12H17N3O2S. The van der Waals surface area contributed by atoms with Gasteiger partial charge in [0.2, 0.25) is 5.82 Å². The van der Waals surface area contributed by atoms with Crippen LogP contribution in [0, 0.1) is 10.1 Å². The van der Waals surface area contributed by atoms with E-state index in [-0.39, 0.29) is 10.6 Å². The smallest absolute Gasteiger partial charge is 0.311 e. The lowest BCUT2D eigenvalue weighted by Gasteiger charge is -2.24. The van der Waals surface area contributed by atoms with Crippen LogP contribution in [0.2, 0.25) is 0 Å². The van der Waals surface area contributed by atoms with Crippen LogP contribution in [0.25, 0.3) is 0 Å². The third-order valence-electron chi connectivity index (χ3n) is 3.22. The zero-order valence-electron chi connectivity index (χ0n) is 10.4. The van der Waals surface area contributed by atoms with E-state index in [1.807, 2.05) is 11.8 Å². The molecule has 0 bridgehead atoms. The summed E-state index contributed by atoms with van der Waals surface area (Å²) in [5.41, 5.74) is 0.110. The summed E-state index contributed by atoms with van der Waals surface area (Å²) in [4.78, 5) is 17.0. The number of anilines is 1. The van der Waals surface area contributed by atoms with E-state index in [0.29, 0.717) is 11.1 Å². The second-order valence-corrected chi connectivity index (χ2v) is 5.54. The van der Waals surface area contributed by atoms with Gasteiger partial charge in [0.15, 0.2) is 0 Å². The SMILES string of the molecule is CSC1CCCCN(c2ncccc2[N+](=O)[O-])C1. The minimum Gasteiger partial charge on any atom is -0.350 e. The molecule has 1 aliphatic rings. The van der Waals surface area contributed by atoms with Crippen LogP contribution >= 0.6 is 11.8 Å². The highest BCUT2D eigenvalue weighted by atomic mass is 32.2. The number of hydrogen-bond donors (Lipinski definition) is 0. The molecule has 6 heteroatoms. The first-order chi connectivity index (χ1) is 8.72. The van der Waals surface area contributed by atoms with Gasteiger partial charge in [0.05, 0.1) is 4.92 Å². The van der Waals surface area contributed by atoms with Gasteiger partial charge in [-0.15, -0.1) is 0 Å². The van der Waals surface area contributed by atoms with Crippen molar-refractivity contribution in [3.8, 4) is 0 Å². The summed E-state index contributed by atoms with van der Waals surface area (Å²) in [5.74, 6) is 0.517. The predicted molar refractivity (Wildman–Crippen MR) is 74.3 cm³/mol. The van der Waals surface area contributed by atoms with Crippen LogP contribution in [0.3, 0.4) is 0 Å². The summed E-state index contributed by atoms with van der Waals surface area (Å²) >= 11 is 1.83. The molecule has 0 N–H and O–H groups in total. The molecule has 2 heterocycles. The monoisotopic (exact) mass is 267 g/mol. The van der Waals surface area contributed by atoms with Crippen molar-refractivity contribution in [3.05, 3.63) is 28.4 Å². The minimum atomic E-state index is -0.346. The highest BCUT2D eigenvalue weighted by Gasteiger charge is 2.24. The minimum absolute atomic E-state index is 0.110. The average Bonchev–Trinajstić information content (AvgIpc) is 2.64. The Labute approximate surface area is 111 Å². The van der Waals surface area contributed by atoms with Gasteiger partial charge in [-0.1, -0.05) is 6.42 Å². The Balaban J connectivity index is 2.26. The van der Waals surface area contributed by atoms with Crippen molar-refractivity contribution in [1.82, 2.24) is 4.98 Å². The Morgan fingerprint density at radius 2 is 2.39 bits per heavy atom. The molecule has 0 aliphatic carbocycles. The predicted octanol–water partition coefficient (Wildman–Crippen LogP) is 2.71. The summed E-state index contributed by atoms with van der Waals surface area (Å²) < 4.78 is 0. The second kappa shape index (κ2) is 6.04. The van der Waals surface area contributed by atoms with Crippen molar-refractivity contribution in [1.29, 1.82) is 0 Å². The Bertz CT molecular complexity index is 428. The fraction of sp³-hybridized carbons (Fsp3) is 0.583. The van der Waals surface area contributed by atoms with Gasteiger partial charge in [-0.3, -0.25) is 10.1 Å². The van der Waals surface area contributed by atoms with Crippen molar-refractivity contribution >= 4 is 23.3 Å². The number of hydrogen-bond acceptors (Lipinski definition) is 5. The van der Waals surface area contributed by atoms with E-state index in [1.54, 1.807) is 12.3 Å². The molecule has 18 heavy (non-hydrogen) atoms. The standard InChI is InChI=1S/C12H17N3O2S/c1-18-10-5-2-3-8-14(9-10)12-11(15(16)17)6-4-7-13-12/h4,6-7,10H,2-3,5,8-9H2,1H3. The van der Waals surface area contributed by atoms with E-state index >= 15 is 0 Å². The van der Waals surface area contributed by atoms with Gasteiger partial charge in [0.25, 0.3) is 0 Å². The number of thioether (sulfide) groups is 1. The highest BCUT2D eigenvalue weighted by molar-refractivity contribution is 7.99. The average molecular weight is 267 g/mol. The quantitative estimate of drug-likeness (QED) is 0.622. The molecule has 1 aromatic heterocycles. The summed E-state index contributed by atoms with van der Waals surface area (Å²) in [5, 5.41) is 11.6. The highest BCUT2D eigenvalue weighted by Crippen LogP contribution is 2.29. The number of aromatic nitrogens is 1. The zero-order valence-corrected chi connectivity index (χ0v) is 11.2. The number of pyridine rings is 1. The molecule has 1 saturated heterocycles. The first-order valence-electron chi connectivity index (χ1n) is 6.09. The molecule has 0 saturated carbocycles. The maximum atomic E-state index is 11.0. The van der Waals surface area contributed by atoms with Gasteiger partial charge in [0, 0.05) is 30.6 Å². The molecular weight excluding hydrogens is 250 g/mol. The van der Waals surface area contributed by atoms with Crippen LogP contribution in [0.5, 0.6) is 0 Å². The van der Waals surface area contributed by atoms with Gasteiger partial charge >= 0.3 is 5.69 Å². The number of rotatable bonds is 3. The van der Waals surface area contributed by atoms with Crippen LogP contribution < -0.4 is 4.90 Å². The van der Waals surface area contributed by atoms with Crippen molar-refractivity contribution in [2.24, 2.45) is 0 Å². The van der Waals surface area contributed by atoms with E-state index in [4.69, 9.17) is 0 Å². The molecule has 1 unspecified atom stereocenters. The largest absolute Gasteiger partial charge is 0.350 e. The van der Waals surface area contributed by atoms with Crippen LogP contribution in [-0.4, -0.2) is 34.5 Å². The third-order valence-corrected chi connectivity index (χ3v) is 4.28. The Hall–Kier alpha value is -1.30. The maximum Gasteiger partial charge on any atom is 0.311 e. The van der Waals surface area contributed by atoms with Crippen molar-refractivity contribution in [2.45, 2.75) is 24.5 Å². The van der Waals surface area contributed by atoms with Gasteiger partial charge in [0.1, 0.15) is 0 Å². The zero-order chi connectivity index (χ0) is 13.0. The molecule has 2 rings (SSSR count). The number of nitro groups is 1. The van der Waals surface area contributed by atoms with Gasteiger partial charge in [-0.2, -0.15) is 11.8 Å². The Morgan fingerprint density at radius 1 is 1.56 bits per heavy atom. The third kappa shape index (κ3) is 2.93. The lowest BCUT2D eigenvalue weighted by atomic mass is 10.2. The molecule has 1 aromatic rings. The van der Waals surface area contributed by atoms with Gasteiger partial charge < -0.3 is 4.90 Å². The molecule has 0 spiro atoms. The lowest BCUT2D eigenvalue weighted by molar-refractivity contribution is -0.384. The maximum absolute atomic E-state index is 11.0. The molecule has 0 aromatic carbocycles. The number of nitrogens with zero attached hydrogens (tertiary/aromatic N) is 3. The summed E-state index contributed by atoms with van der Waals surface area (Å²) in [7, 11) is 0. The fourth-order valence-electron chi connectivity index (χ4n) is 2.26. The van der Waals surface area contributed by atoms with E-state index < -0.39 is 0 Å². The summed E-state index contributed by atoms with van der Waals surface area (Å²) in [6, 6.07) is 3.15. The van der Waals surface area contributed by atoms with E-state index in [1.165, 1.54) is 18.9 Å². The summed E-state index contributed by atoms with van der Waals surface area (Å²) in [6.07, 6.45) is 7.16. The van der Waals surface area contributed by atoms with E-state index in [2.05, 4.69) is 16.1 Å². The Morgan fingerprint density at radius 3 is 3.11 bits per heavy atom. The van der Waals surface area contributed by atoms with Crippen LogP contribution in [-0.2, 0) is 0 Å². The molecule has 5 nitrogen and oxygen atoms in total. The fourth-order valence-corrected chi connectivity index (χ4v) is 2.99. The van der Waals surface area contributed by atoms with Crippen LogP contribution in [0.4, 0.5) is 11.5 Å². The van der Waals surface area contributed by atoms with E-state index in [9.17, 15) is 10.1 Å². The molecule has 0 radical (unpaired) electrons. The van der Waals surface area contributed by atoms with E-state index in [0.717, 1.165) is 19.5 Å². The topological polar surface area (TPSA) is 59.3 Å². The molecule has 1 fully saturated rings. The lowest BCUT2D eigenvalue weighted by Crippen LogP contribution is -2.30. The first-order valence-corrected chi connectivity index (χ1v) is 7.38. The van der Waals surface area contributed by atoms with Crippen LogP contribution in [0.15, 0.2) is 18.3 Å². The Kier molecular flexibility index (Phi) is 4.41. The van der Waals surface area contributed by atoms with Crippen molar-refractivity contribution in [2.75, 3.05) is 24.2 Å². The van der Waals surface area contributed by atoms with Gasteiger partial charge in [-0.25, -0.2) is 4.98 Å². The van der Waals surface area contributed by atoms with Crippen LogP contribution in [0.1, 0.15) is 19.3 Å². The van der Waals surface area contributed by atoms with Gasteiger partial charge in [-0.05, 0) is 25.2 Å². The summed E-state index contributed by atoms with van der Waals surface area (Å²) in [6.45, 7) is 1.70. The van der Waals surface area contributed by atoms with Crippen molar-refractivity contribution in [3.63, 3.8) is 0 Å². The molecule has 1 atom stereocenters. The first kappa shape index (κ1) is 13.1. The molecule has 98 valence electrons. The molecule has 0 amide bonds.